The first-order chi connectivity index (χ1) is 13.5. The maximum absolute atomic E-state index is 13.5. The van der Waals surface area contributed by atoms with Gasteiger partial charge in [-0.2, -0.15) is 13.2 Å². The zero-order chi connectivity index (χ0) is 21.2. The lowest BCUT2D eigenvalue weighted by molar-refractivity contribution is -0.294. The number of methoxy groups -OCH3 is 1. The van der Waals surface area contributed by atoms with Gasteiger partial charge in [0, 0.05) is 7.11 Å². The molecule has 0 amide bonds. The lowest BCUT2D eigenvalue weighted by atomic mass is 9.43. The van der Waals surface area contributed by atoms with Crippen molar-refractivity contribution in [2.75, 3.05) is 13.7 Å². The van der Waals surface area contributed by atoms with Crippen molar-refractivity contribution in [2.45, 2.75) is 76.5 Å². The lowest BCUT2D eigenvalue weighted by Gasteiger charge is -2.62. The molecule has 4 rings (SSSR count). The minimum atomic E-state index is -4.60. The van der Waals surface area contributed by atoms with Crippen LogP contribution in [0.15, 0.2) is 0 Å². The fourth-order valence-electron chi connectivity index (χ4n) is 8.26. The first-order valence-corrected chi connectivity index (χ1v) is 11.0. The summed E-state index contributed by atoms with van der Waals surface area (Å²) in [6.45, 7) is 2.55. The number of aliphatic carboxylic acids is 1. The Balaban J connectivity index is 1.64. The molecule has 0 aromatic carbocycles. The summed E-state index contributed by atoms with van der Waals surface area (Å²) in [6.07, 6.45) is -0.00811. The van der Waals surface area contributed by atoms with Crippen LogP contribution in [0, 0.1) is 40.4 Å². The molecule has 7 heteroatoms. The second-order valence-electron chi connectivity index (χ2n) is 10.6. The Labute approximate surface area is 170 Å². The van der Waals surface area contributed by atoms with Gasteiger partial charge >= 0.3 is 12.1 Å². The predicted molar refractivity (Wildman–Crippen MR) is 100 cm³/mol. The number of carbonyl (C=O) groups is 1. The Morgan fingerprint density at radius 2 is 1.79 bits per heavy atom. The second-order valence-corrected chi connectivity index (χ2v) is 10.6. The molecule has 0 aromatic rings. The maximum atomic E-state index is 13.5. The van der Waals surface area contributed by atoms with Crippen LogP contribution in [-0.2, 0) is 9.53 Å². The summed E-state index contributed by atoms with van der Waals surface area (Å²) in [5.74, 6) is -0.301. The molecule has 4 aliphatic carbocycles. The molecular formula is C22H33F3O4. The van der Waals surface area contributed by atoms with E-state index in [1.165, 1.54) is 0 Å². The van der Waals surface area contributed by atoms with Crippen molar-refractivity contribution in [3.63, 3.8) is 0 Å². The van der Waals surface area contributed by atoms with E-state index in [9.17, 15) is 28.2 Å². The number of rotatable bonds is 3. The fourth-order valence-corrected chi connectivity index (χ4v) is 8.26. The van der Waals surface area contributed by atoms with Crippen LogP contribution in [0.1, 0.15) is 64.7 Å². The van der Waals surface area contributed by atoms with Crippen LogP contribution in [-0.4, -0.2) is 41.7 Å². The number of carboxylic acids is 1. The maximum Gasteiger partial charge on any atom is 0.417 e. The summed E-state index contributed by atoms with van der Waals surface area (Å²) in [4.78, 5) is 11.8. The van der Waals surface area contributed by atoms with E-state index in [4.69, 9.17) is 4.74 Å². The zero-order valence-corrected chi connectivity index (χ0v) is 17.3. The van der Waals surface area contributed by atoms with Crippen molar-refractivity contribution in [3.8, 4) is 0 Å². The second kappa shape index (κ2) is 6.84. The van der Waals surface area contributed by atoms with Crippen LogP contribution in [0.25, 0.3) is 0 Å². The molecule has 0 bridgehead atoms. The van der Waals surface area contributed by atoms with Gasteiger partial charge in [-0.25, -0.2) is 0 Å². The number of alkyl halides is 3. The number of fused-ring (bicyclic) bond motifs is 5. The topological polar surface area (TPSA) is 66.8 Å². The normalized spacial score (nSPS) is 49.8. The summed E-state index contributed by atoms with van der Waals surface area (Å²) < 4.78 is 46.2. The molecule has 0 saturated heterocycles. The van der Waals surface area contributed by atoms with Gasteiger partial charge < -0.3 is 14.9 Å². The molecule has 166 valence electrons. The quantitative estimate of drug-likeness (QED) is 0.700. The minimum Gasteiger partial charge on any atom is -0.481 e. The number of ether oxygens (including phenoxy) is 1. The van der Waals surface area contributed by atoms with Crippen molar-refractivity contribution in [1.82, 2.24) is 0 Å². The van der Waals surface area contributed by atoms with E-state index in [0.29, 0.717) is 37.7 Å². The minimum absolute atomic E-state index is 0.204. The third kappa shape index (κ3) is 2.97. The van der Waals surface area contributed by atoms with Crippen molar-refractivity contribution >= 4 is 5.97 Å². The Hall–Kier alpha value is -0.820. The van der Waals surface area contributed by atoms with Gasteiger partial charge in [-0.05, 0) is 92.3 Å². The van der Waals surface area contributed by atoms with Gasteiger partial charge in [0.1, 0.15) is 0 Å². The van der Waals surface area contributed by atoms with Gasteiger partial charge in [-0.1, -0.05) is 6.92 Å². The molecule has 4 saturated carbocycles. The number of aliphatic hydroxyl groups is 1. The van der Waals surface area contributed by atoms with E-state index in [1.54, 1.807) is 7.11 Å². The molecule has 2 N–H and O–H groups in total. The molecule has 0 spiro atoms. The van der Waals surface area contributed by atoms with E-state index in [1.807, 2.05) is 0 Å². The molecule has 0 radical (unpaired) electrons. The fraction of sp³-hybridized carbons (Fsp3) is 0.955. The molecule has 0 unspecified atom stereocenters. The van der Waals surface area contributed by atoms with Crippen molar-refractivity contribution in [2.24, 2.45) is 40.4 Å². The first-order valence-electron chi connectivity index (χ1n) is 11.0. The third-order valence-electron chi connectivity index (χ3n) is 9.66. The highest BCUT2D eigenvalue weighted by Crippen LogP contribution is 2.68. The van der Waals surface area contributed by atoms with Gasteiger partial charge in [-0.3, -0.25) is 4.79 Å². The van der Waals surface area contributed by atoms with E-state index in [-0.39, 0.29) is 41.4 Å². The summed E-state index contributed by atoms with van der Waals surface area (Å²) in [5.41, 5.74) is -3.14. The van der Waals surface area contributed by atoms with Gasteiger partial charge in [0.2, 0.25) is 0 Å². The standard InChI is InChI=1S/C22H33F3O4/c1-19-8-7-16-14(15(19)5-6-17(19)18(26)27)4-3-13-11-21(28,22(23,24)25)10-9-20(13,16)12-29-2/h13-17,28H,3-12H2,1-2H3,(H,26,27)/t13-,14+,15+,16+,17-,19+,20-,21-/m1/s1. The molecule has 0 aliphatic heterocycles. The molecule has 4 nitrogen and oxygen atoms in total. The molecule has 0 aromatic heterocycles. The third-order valence-corrected chi connectivity index (χ3v) is 9.66. The highest BCUT2D eigenvalue weighted by Gasteiger charge is 2.66. The Kier molecular flexibility index (Phi) is 5.05. The Morgan fingerprint density at radius 1 is 1.07 bits per heavy atom. The van der Waals surface area contributed by atoms with Crippen LogP contribution in [0.5, 0.6) is 0 Å². The first kappa shape index (κ1) is 21.4. The van der Waals surface area contributed by atoms with Crippen molar-refractivity contribution in [1.29, 1.82) is 0 Å². The van der Waals surface area contributed by atoms with Gasteiger partial charge in [-0.15, -0.1) is 0 Å². The van der Waals surface area contributed by atoms with Gasteiger partial charge in [0.25, 0.3) is 0 Å². The Bertz CT molecular complexity index is 667. The van der Waals surface area contributed by atoms with Crippen molar-refractivity contribution in [3.05, 3.63) is 0 Å². The Morgan fingerprint density at radius 3 is 2.41 bits per heavy atom. The predicted octanol–water partition coefficient (Wildman–Crippen LogP) is 4.65. The summed E-state index contributed by atoms with van der Waals surface area (Å²) in [5, 5.41) is 20.1. The number of hydrogen-bond donors (Lipinski definition) is 2. The average Bonchev–Trinajstić information content (AvgIpc) is 2.99. The molecule has 8 atom stereocenters. The van der Waals surface area contributed by atoms with Gasteiger partial charge in [0.05, 0.1) is 12.5 Å². The molecule has 29 heavy (non-hydrogen) atoms. The smallest absolute Gasteiger partial charge is 0.417 e. The number of carboxylic acid groups (broad SMARTS) is 1. The van der Waals surface area contributed by atoms with Gasteiger partial charge in [0.15, 0.2) is 5.60 Å². The van der Waals surface area contributed by atoms with E-state index in [0.717, 1.165) is 25.7 Å². The van der Waals surface area contributed by atoms with Crippen LogP contribution >= 0.6 is 0 Å². The summed E-state index contributed by atoms with van der Waals surface area (Å²) in [7, 11) is 1.61. The highest BCUT2D eigenvalue weighted by molar-refractivity contribution is 5.71. The lowest BCUT2D eigenvalue weighted by Crippen LogP contribution is -2.61. The number of halogens is 3. The van der Waals surface area contributed by atoms with Crippen LogP contribution < -0.4 is 0 Å². The van der Waals surface area contributed by atoms with E-state index >= 15 is 0 Å². The molecule has 0 heterocycles. The van der Waals surface area contributed by atoms with E-state index < -0.39 is 17.7 Å². The molecular weight excluding hydrogens is 385 g/mol. The summed E-state index contributed by atoms with van der Waals surface area (Å²) >= 11 is 0. The van der Waals surface area contributed by atoms with Crippen molar-refractivity contribution < 1.29 is 32.9 Å². The molecule has 4 fully saturated rings. The van der Waals surface area contributed by atoms with Crippen LogP contribution in [0.3, 0.4) is 0 Å². The monoisotopic (exact) mass is 418 g/mol. The highest BCUT2D eigenvalue weighted by atomic mass is 19.4. The molecule has 4 aliphatic rings. The van der Waals surface area contributed by atoms with Crippen LogP contribution in [0.2, 0.25) is 0 Å². The largest absolute Gasteiger partial charge is 0.481 e. The SMILES string of the molecule is COC[C@]12CC[C@](O)(C(F)(F)F)C[C@H]1CC[C@H]1[C@@H]3CC[C@H](C(=O)O)[C@@]3(C)CC[C@@H]12. The summed E-state index contributed by atoms with van der Waals surface area (Å²) in [6, 6.07) is 0. The average molecular weight is 418 g/mol. The zero-order valence-electron chi connectivity index (χ0n) is 17.3. The van der Waals surface area contributed by atoms with Crippen LogP contribution in [0.4, 0.5) is 13.2 Å². The number of hydrogen-bond acceptors (Lipinski definition) is 3. The van der Waals surface area contributed by atoms with E-state index in [2.05, 4.69) is 6.92 Å².